The molecule has 0 aliphatic heterocycles. The molecule has 0 bridgehead atoms. The molecule has 0 radical (unpaired) electrons. The van der Waals surface area contributed by atoms with Gasteiger partial charge in [0.2, 0.25) is 0 Å². The zero-order valence-corrected chi connectivity index (χ0v) is 15.3. The predicted molar refractivity (Wildman–Crippen MR) is 107 cm³/mol. The predicted octanol–water partition coefficient (Wildman–Crippen LogP) is 4.60. The summed E-state index contributed by atoms with van der Waals surface area (Å²) in [5.41, 5.74) is 5.00. The zero-order chi connectivity index (χ0) is 18.8. The molecule has 0 N–H and O–H groups in total. The molecule has 1 aliphatic rings. The summed E-state index contributed by atoms with van der Waals surface area (Å²) in [7, 11) is 0. The molecule has 0 spiro atoms. The van der Waals surface area contributed by atoms with E-state index in [0.29, 0.717) is 29.8 Å². The quantitative estimate of drug-likeness (QED) is 0.524. The molecule has 0 saturated carbocycles. The first kappa shape index (κ1) is 17.2. The SMILES string of the molecule is CCN(CCc1ccccc1)C(=O)c1ccc2c(c1)C(=O)c1ccccc1-2. The van der Waals surface area contributed by atoms with Crippen LogP contribution in [0.15, 0.2) is 72.8 Å². The van der Waals surface area contributed by atoms with Crippen LogP contribution in [0.5, 0.6) is 0 Å². The fourth-order valence-electron chi connectivity index (χ4n) is 3.66. The summed E-state index contributed by atoms with van der Waals surface area (Å²) >= 11 is 0. The summed E-state index contributed by atoms with van der Waals surface area (Å²) in [5, 5.41) is 0. The minimum atomic E-state index is -0.0278. The summed E-state index contributed by atoms with van der Waals surface area (Å²) in [6.45, 7) is 3.28. The second-order valence-electron chi connectivity index (χ2n) is 6.76. The van der Waals surface area contributed by atoms with Crippen LogP contribution in [0.25, 0.3) is 11.1 Å². The highest BCUT2D eigenvalue weighted by Crippen LogP contribution is 2.36. The topological polar surface area (TPSA) is 37.4 Å². The van der Waals surface area contributed by atoms with E-state index < -0.39 is 0 Å². The summed E-state index contributed by atoms with van der Waals surface area (Å²) in [4.78, 5) is 27.5. The zero-order valence-electron chi connectivity index (χ0n) is 15.3. The van der Waals surface area contributed by atoms with Gasteiger partial charge in [0, 0.05) is 29.8 Å². The highest BCUT2D eigenvalue weighted by atomic mass is 16.2. The molecule has 3 aromatic rings. The van der Waals surface area contributed by atoms with E-state index in [1.165, 1.54) is 5.56 Å². The Morgan fingerprint density at radius 2 is 1.48 bits per heavy atom. The fourth-order valence-corrected chi connectivity index (χ4v) is 3.66. The number of likely N-dealkylation sites (N-methyl/N-ethyl adjacent to an activating group) is 1. The molecule has 0 atom stereocenters. The van der Waals surface area contributed by atoms with Crippen LogP contribution >= 0.6 is 0 Å². The summed E-state index contributed by atoms with van der Waals surface area (Å²) in [5.74, 6) is -0.0254. The standard InChI is InChI=1S/C24H21NO2/c1-2-25(15-14-17-8-4-3-5-9-17)24(27)18-12-13-20-19-10-6-7-11-21(19)23(26)22(20)16-18/h3-13,16H,2,14-15H2,1H3. The van der Waals surface area contributed by atoms with Gasteiger partial charge < -0.3 is 4.90 Å². The minimum Gasteiger partial charge on any atom is -0.339 e. The third-order valence-corrected chi connectivity index (χ3v) is 5.16. The Morgan fingerprint density at radius 1 is 0.815 bits per heavy atom. The number of fused-ring (bicyclic) bond motifs is 3. The van der Waals surface area contributed by atoms with Crippen molar-refractivity contribution in [2.45, 2.75) is 13.3 Å². The summed E-state index contributed by atoms with van der Waals surface area (Å²) in [6, 6.07) is 23.3. The van der Waals surface area contributed by atoms with Gasteiger partial charge in [0.1, 0.15) is 0 Å². The fraction of sp³-hybridized carbons (Fsp3) is 0.167. The highest BCUT2D eigenvalue weighted by Gasteiger charge is 2.27. The van der Waals surface area contributed by atoms with Gasteiger partial charge in [-0.15, -0.1) is 0 Å². The van der Waals surface area contributed by atoms with Crippen molar-refractivity contribution in [1.82, 2.24) is 4.90 Å². The van der Waals surface area contributed by atoms with E-state index in [1.54, 1.807) is 6.07 Å². The molecule has 1 amide bonds. The summed E-state index contributed by atoms with van der Waals surface area (Å²) in [6.07, 6.45) is 0.815. The molecule has 1 aliphatic carbocycles. The van der Waals surface area contributed by atoms with Gasteiger partial charge in [-0.25, -0.2) is 0 Å². The number of nitrogens with zero attached hydrogens (tertiary/aromatic N) is 1. The van der Waals surface area contributed by atoms with E-state index in [1.807, 2.05) is 66.4 Å². The molecule has 4 rings (SSSR count). The Morgan fingerprint density at radius 3 is 2.22 bits per heavy atom. The third-order valence-electron chi connectivity index (χ3n) is 5.16. The maximum absolute atomic E-state index is 13.0. The largest absolute Gasteiger partial charge is 0.339 e. The lowest BCUT2D eigenvalue weighted by Gasteiger charge is -2.21. The average molecular weight is 355 g/mol. The molecule has 3 nitrogen and oxygen atoms in total. The van der Waals surface area contributed by atoms with Crippen molar-refractivity contribution in [3.8, 4) is 11.1 Å². The number of carbonyl (C=O) groups excluding carboxylic acids is 2. The van der Waals surface area contributed by atoms with Gasteiger partial charge in [-0.3, -0.25) is 9.59 Å². The van der Waals surface area contributed by atoms with Crippen LogP contribution in [0.4, 0.5) is 0 Å². The lowest BCUT2D eigenvalue weighted by atomic mass is 10.0. The Bertz CT molecular complexity index is 1010. The van der Waals surface area contributed by atoms with Crippen LogP contribution in [-0.2, 0) is 6.42 Å². The number of amides is 1. The maximum Gasteiger partial charge on any atom is 0.253 e. The van der Waals surface area contributed by atoms with Crippen molar-refractivity contribution in [2.75, 3.05) is 13.1 Å². The molecule has 134 valence electrons. The number of carbonyl (C=O) groups is 2. The smallest absolute Gasteiger partial charge is 0.253 e. The van der Waals surface area contributed by atoms with Crippen LogP contribution in [0.1, 0.15) is 38.8 Å². The highest BCUT2D eigenvalue weighted by molar-refractivity contribution is 6.22. The third kappa shape index (κ3) is 3.17. The van der Waals surface area contributed by atoms with Crippen LogP contribution in [0.2, 0.25) is 0 Å². The van der Waals surface area contributed by atoms with Crippen molar-refractivity contribution < 1.29 is 9.59 Å². The Kier molecular flexibility index (Phi) is 4.59. The van der Waals surface area contributed by atoms with Crippen molar-refractivity contribution in [3.05, 3.63) is 95.1 Å². The van der Waals surface area contributed by atoms with Gasteiger partial charge in [0.25, 0.3) is 5.91 Å². The van der Waals surface area contributed by atoms with Crippen molar-refractivity contribution in [3.63, 3.8) is 0 Å². The molecular formula is C24H21NO2. The Balaban J connectivity index is 1.56. The van der Waals surface area contributed by atoms with E-state index in [2.05, 4.69) is 12.1 Å². The van der Waals surface area contributed by atoms with Crippen LogP contribution in [0, 0.1) is 0 Å². The lowest BCUT2D eigenvalue weighted by Crippen LogP contribution is -2.32. The molecule has 3 aromatic carbocycles. The maximum atomic E-state index is 13.0. The molecule has 0 heterocycles. The van der Waals surface area contributed by atoms with Gasteiger partial charge in [-0.2, -0.15) is 0 Å². The second kappa shape index (κ2) is 7.20. The molecule has 0 fully saturated rings. The first-order valence-corrected chi connectivity index (χ1v) is 9.30. The first-order chi connectivity index (χ1) is 13.2. The van der Waals surface area contributed by atoms with Gasteiger partial charge in [0.05, 0.1) is 0 Å². The van der Waals surface area contributed by atoms with Gasteiger partial charge in [-0.05, 0) is 42.2 Å². The minimum absolute atomic E-state index is 0.00239. The Hall–Kier alpha value is -3.20. The average Bonchev–Trinajstić information content (AvgIpc) is 3.01. The van der Waals surface area contributed by atoms with Gasteiger partial charge in [0.15, 0.2) is 5.78 Å². The lowest BCUT2D eigenvalue weighted by molar-refractivity contribution is 0.0766. The van der Waals surface area contributed by atoms with Crippen molar-refractivity contribution in [2.24, 2.45) is 0 Å². The van der Waals surface area contributed by atoms with E-state index in [-0.39, 0.29) is 11.7 Å². The van der Waals surface area contributed by atoms with E-state index >= 15 is 0 Å². The van der Waals surface area contributed by atoms with E-state index in [0.717, 1.165) is 17.5 Å². The van der Waals surface area contributed by atoms with Crippen LogP contribution < -0.4 is 0 Å². The molecule has 0 aromatic heterocycles. The number of ketones is 1. The monoisotopic (exact) mass is 355 g/mol. The second-order valence-corrected chi connectivity index (χ2v) is 6.76. The molecule has 0 unspecified atom stereocenters. The number of hydrogen-bond acceptors (Lipinski definition) is 2. The Labute approximate surface area is 159 Å². The van der Waals surface area contributed by atoms with Crippen LogP contribution in [0.3, 0.4) is 0 Å². The first-order valence-electron chi connectivity index (χ1n) is 9.30. The summed E-state index contributed by atoms with van der Waals surface area (Å²) < 4.78 is 0. The number of benzene rings is 3. The number of hydrogen-bond donors (Lipinski definition) is 0. The van der Waals surface area contributed by atoms with Crippen LogP contribution in [-0.4, -0.2) is 29.7 Å². The molecule has 3 heteroatoms. The molecule has 27 heavy (non-hydrogen) atoms. The molecule has 0 saturated heterocycles. The molecular weight excluding hydrogens is 334 g/mol. The normalized spacial score (nSPS) is 11.8. The van der Waals surface area contributed by atoms with Crippen molar-refractivity contribution in [1.29, 1.82) is 0 Å². The van der Waals surface area contributed by atoms with E-state index in [9.17, 15) is 9.59 Å². The number of rotatable bonds is 5. The van der Waals surface area contributed by atoms with Crippen molar-refractivity contribution >= 4 is 11.7 Å². The van der Waals surface area contributed by atoms with Gasteiger partial charge in [-0.1, -0.05) is 60.7 Å². The van der Waals surface area contributed by atoms with Gasteiger partial charge >= 0.3 is 0 Å². The van der Waals surface area contributed by atoms with E-state index in [4.69, 9.17) is 0 Å².